The lowest BCUT2D eigenvalue weighted by Gasteiger charge is -1.89. The molecule has 2 N–H and O–H groups in total. The quantitative estimate of drug-likeness (QED) is 0.731. The number of fused-ring (bicyclic) bond motifs is 1. The summed E-state index contributed by atoms with van der Waals surface area (Å²) in [6.45, 7) is 0.708. The van der Waals surface area contributed by atoms with Gasteiger partial charge in [0.15, 0.2) is 0 Å². The maximum absolute atomic E-state index is 5.39. The van der Waals surface area contributed by atoms with Gasteiger partial charge in [-0.05, 0) is 13.0 Å². The summed E-state index contributed by atoms with van der Waals surface area (Å²) < 4.78 is 1.69. The molecular weight excluding hydrogens is 174 g/mol. The summed E-state index contributed by atoms with van der Waals surface area (Å²) in [4.78, 5) is 0.849. The van der Waals surface area contributed by atoms with Crippen molar-refractivity contribution >= 4 is 16.3 Å². The van der Waals surface area contributed by atoms with E-state index in [-0.39, 0.29) is 0 Å². The van der Waals surface area contributed by atoms with E-state index in [1.165, 1.54) is 0 Å². The highest BCUT2D eigenvalue weighted by molar-refractivity contribution is 7.16. The van der Waals surface area contributed by atoms with E-state index in [1.54, 1.807) is 22.2 Å². The lowest BCUT2D eigenvalue weighted by atomic mass is 10.3. The second-order valence-electron chi connectivity index (χ2n) is 2.45. The second-order valence-corrected chi connectivity index (χ2v) is 3.49. The standard InChI is InChI=1S/C6H9N5S/c7-3-1-2-5-10-11-4-8-9-6(11)12-5/h4H,1-3,7H2. The highest BCUT2D eigenvalue weighted by Crippen LogP contribution is 2.12. The van der Waals surface area contributed by atoms with E-state index in [2.05, 4.69) is 15.3 Å². The molecular formula is C6H9N5S. The van der Waals surface area contributed by atoms with Crippen LogP contribution in [0.4, 0.5) is 0 Å². The Balaban J connectivity index is 2.21. The number of hydrogen-bond acceptors (Lipinski definition) is 5. The van der Waals surface area contributed by atoms with E-state index in [0.717, 1.165) is 22.8 Å². The average Bonchev–Trinajstić information content (AvgIpc) is 2.58. The molecule has 0 aliphatic carbocycles. The normalized spacial score (nSPS) is 11.1. The molecule has 2 heterocycles. The van der Waals surface area contributed by atoms with E-state index < -0.39 is 0 Å². The maximum atomic E-state index is 5.39. The van der Waals surface area contributed by atoms with Crippen molar-refractivity contribution in [3.8, 4) is 0 Å². The lowest BCUT2D eigenvalue weighted by Crippen LogP contribution is -2.00. The Morgan fingerprint density at radius 3 is 3.25 bits per heavy atom. The van der Waals surface area contributed by atoms with Crippen molar-refractivity contribution in [3.05, 3.63) is 11.3 Å². The average molecular weight is 183 g/mol. The van der Waals surface area contributed by atoms with Crippen LogP contribution < -0.4 is 5.73 Å². The van der Waals surface area contributed by atoms with Crippen LogP contribution in [-0.2, 0) is 6.42 Å². The Bertz CT molecular complexity index is 336. The summed E-state index contributed by atoms with van der Waals surface area (Å²) in [6.07, 6.45) is 3.52. The number of rotatable bonds is 3. The number of nitrogens with two attached hydrogens (primary N) is 1. The third-order valence-electron chi connectivity index (χ3n) is 1.52. The van der Waals surface area contributed by atoms with Gasteiger partial charge in [-0.15, -0.1) is 10.2 Å². The summed E-state index contributed by atoms with van der Waals surface area (Å²) in [6, 6.07) is 0. The smallest absolute Gasteiger partial charge is 0.234 e. The van der Waals surface area contributed by atoms with Gasteiger partial charge in [-0.2, -0.15) is 9.61 Å². The Labute approximate surface area is 73.2 Å². The first-order valence-electron chi connectivity index (χ1n) is 3.76. The van der Waals surface area contributed by atoms with E-state index in [9.17, 15) is 0 Å². The van der Waals surface area contributed by atoms with Gasteiger partial charge in [0.1, 0.15) is 11.3 Å². The van der Waals surface area contributed by atoms with Crippen molar-refractivity contribution in [2.75, 3.05) is 6.54 Å². The third kappa shape index (κ3) is 1.30. The first-order chi connectivity index (χ1) is 5.90. The van der Waals surface area contributed by atoms with Crippen molar-refractivity contribution in [2.24, 2.45) is 5.73 Å². The SMILES string of the molecule is NCCCc1nn2cnnc2s1. The van der Waals surface area contributed by atoms with Gasteiger partial charge in [0.05, 0.1) is 0 Å². The number of nitrogens with zero attached hydrogens (tertiary/aromatic N) is 4. The van der Waals surface area contributed by atoms with Crippen LogP contribution in [0.5, 0.6) is 0 Å². The Hall–Kier alpha value is -1.01. The van der Waals surface area contributed by atoms with Crippen LogP contribution in [0.1, 0.15) is 11.4 Å². The van der Waals surface area contributed by atoms with Crippen LogP contribution in [0.3, 0.4) is 0 Å². The maximum Gasteiger partial charge on any atom is 0.234 e. The molecule has 0 bridgehead atoms. The molecule has 0 atom stereocenters. The highest BCUT2D eigenvalue weighted by Gasteiger charge is 2.03. The number of hydrogen-bond donors (Lipinski definition) is 1. The minimum Gasteiger partial charge on any atom is -0.330 e. The fraction of sp³-hybridized carbons (Fsp3) is 0.500. The predicted octanol–water partition coefficient (Wildman–Crippen LogP) is 0.0771. The van der Waals surface area contributed by atoms with Crippen LogP contribution in [-0.4, -0.2) is 26.4 Å². The van der Waals surface area contributed by atoms with Gasteiger partial charge in [0.2, 0.25) is 4.96 Å². The molecule has 0 saturated heterocycles. The van der Waals surface area contributed by atoms with E-state index in [1.807, 2.05) is 0 Å². The van der Waals surface area contributed by atoms with Gasteiger partial charge >= 0.3 is 0 Å². The summed E-state index contributed by atoms with van der Waals surface area (Å²) >= 11 is 1.57. The number of aryl methyl sites for hydroxylation is 1. The van der Waals surface area contributed by atoms with Crippen LogP contribution in [0.2, 0.25) is 0 Å². The van der Waals surface area contributed by atoms with Crippen LogP contribution >= 0.6 is 11.3 Å². The lowest BCUT2D eigenvalue weighted by molar-refractivity contribution is 0.797. The van der Waals surface area contributed by atoms with Crippen LogP contribution in [0, 0.1) is 0 Å². The zero-order valence-corrected chi connectivity index (χ0v) is 7.29. The van der Waals surface area contributed by atoms with Crippen LogP contribution in [0.15, 0.2) is 6.33 Å². The molecule has 2 aromatic rings. The Morgan fingerprint density at radius 1 is 1.58 bits per heavy atom. The Morgan fingerprint density at radius 2 is 2.50 bits per heavy atom. The van der Waals surface area contributed by atoms with Gasteiger partial charge in [-0.1, -0.05) is 11.3 Å². The third-order valence-corrected chi connectivity index (χ3v) is 2.50. The molecule has 0 unspecified atom stereocenters. The van der Waals surface area contributed by atoms with Crippen LogP contribution in [0.25, 0.3) is 4.96 Å². The molecule has 0 aliphatic heterocycles. The Kier molecular flexibility index (Phi) is 2.01. The van der Waals surface area contributed by atoms with Gasteiger partial charge < -0.3 is 5.73 Å². The molecule has 0 fully saturated rings. The van der Waals surface area contributed by atoms with E-state index >= 15 is 0 Å². The molecule has 64 valence electrons. The summed E-state index contributed by atoms with van der Waals surface area (Å²) in [7, 11) is 0. The minimum atomic E-state index is 0.708. The van der Waals surface area contributed by atoms with E-state index in [0.29, 0.717) is 6.54 Å². The largest absolute Gasteiger partial charge is 0.330 e. The molecule has 0 saturated carbocycles. The second kappa shape index (κ2) is 3.16. The van der Waals surface area contributed by atoms with Crippen molar-refractivity contribution in [1.82, 2.24) is 19.8 Å². The van der Waals surface area contributed by atoms with Crippen molar-refractivity contribution in [1.29, 1.82) is 0 Å². The van der Waals surface area contributed by atoms with Gasteiger partial charge in [-0.3, -0.25) is 0 Å². The molecule has 0 aliphatic rings. The zero-order valence-electron chi connectivity index (χ0n) is 6.47. The number of aromatic nitrogens is 4. The first-order valence-corrected chi connectivity index (χ1v) is 4.57. The minimum absolute atomic E-state index is 0.708. The molecule has 0 radical (unpaired) electrons. The highest BCUT2D eigenvalue weighted by atomic mass is 32.1. The van der Waals surface area contributed by atoms with Gasteiger partial charge in [0, 0.05) is 6.42 Å². The fourth-order valence-electron chi connectivity index (χ4n) is 0.955. The van der Waals surface area contributed by atoms with Gasteiger partial charge in [0.25, 0.3) is 0 Å². The molecule has 2 rings (SSSR count). The summed E-state index contributed by atoms with van der Waals surface area (Å²) in [5, 5.41) is 12.9. The molecule has 0 amide bonds. The summed E-state index contributed by atoms with van der Waals surface area (Å²) in [5.74, 6) is 0. The fourth-order valence-corrected chi connectivity index (χ4v) is 1.81. The zero-order chi connectivity index (χ0) is 8.39. The van der Waals surface area contributed by atoms with Crippen molar-refractivity contribution < 1.29 is 0 Å². The molecule has 5 nitrogen and oxygen atoms in total. The topological polar surface area (TPSA) is 69.1 Å². The monoisotopic (exact) mass is 183 g/mol. The first kappa shape index (κ1) is 7.63. The van der Waals surface area contributed by atoms with Crippen molar-refractivity contribution in [2.45, 2.75) is 12.8 Å². The molecule has 12 heavy (non-hydrogen) atoms. The molecule has 0 spiro atoms. The molecule has 6 heteroatoms. The molecule has 2 aromatic heterocycles. The van der Waals surface area contributed by atoms with Gasteiger partial charge in [-0.25, -0.2) is 0 Å². The molecule has 0 aromatic carbocycles. The predicted molar refractivity (Wildman–Crippen MR) is 46.0 cm³/mol. The van der Waals surface area contributed by atoms with Crippen molar-refractivity contribution in [3.63, 3.8) is 0 Å². The summed E-state index contributed by atoms with van der Waals surface area (Å²) in [5.41, 5.74) is 5.39. The van der Waals surface area contributed by atoms with E-state index in [4.69, 9.17) is 5.73 Å².